The van der Waals surface area contributed by atoms with E-state index < -0.39 is 0 Å². The van der Waals surface area contributed by atoms with Crippen LogP contribution in [0.1, 0.15) is 44.1 Å². The lowest BCUT2D eigenvalue weighted by Gasteiger charge is -2.10. The number of aromatic nitrogens is 5. The number of hydrogen-bond acceptors (Lipinski definition) is 8. The zero-order chi connectivity index (χ0) is 31.3. The van der Waals surface area contributed by atoms with Crippen molar-refractivity contribution in [2.45, 2.75) is 33.3 Å². The average molecular weight is 620 g/mol. The Hall–Kier alpha value is -5.22. The molecule has 6 aromatic rings. The number of hydrogen-bond donors (Lipinski definition) is 0. The monoisotopic (exact) mass is 619 g/mol. The fourth-order valence-electron chi connectivity index (χ4n) is 4.74. The average Bonchev–Trinajstić information content (AvgIpc) is 3.74. The van der Waals surface area contributed by atoms with Gasteiger partial charge in [0.15, 0.2) is 17.3 Å². The lowest BCUT2D eigenvalue weighted by molar-refractivity contribution is 0.242. The van der Waals surface area contributed by atoms with Crippen LogP contribution in [0.4, 0.5) is 0 Å². The first-order valence-corrected chi connectivity index (χ1v) is 15.6. The van der Waals surface area contributed by atoms with Gasteiger partial charge in [-0.25, -0.2) is 4.68 Å². The molecule has 0 aliphatic rings. The number of benzene rings is 3. The van der Waals surface area contributed by atoms with Gasteiger partial charge < -0.3 is 14.2 Å². The number of methoxy groups -OCH3 is 1. The highest BCUT2D eigenvalue weighted by Crippen LogP contribution is 2.29. The van der Waals surface area contributed by atoms with Gasteiger partial charge in [0, 0.05) is 17.3 Å². The summed E-state index contributed by atoms with van der Waals surface area (Å²) in [6, 6.07) is 23.4. The number of fused-ring (bicyclic) bond motifs is 1. The van der Waals surface area contributed by atoms with Gasteiger partial charge in [-0.15, -0.1) is 5.10 Å². The zero-order valence-electron chi connectivity index (χ0n) is 25.5. The minimum atomic E-state index is -0.236. The quantitative estimate of drug-likeness (QED) is 0.168. The van der Waals surface area contributed by atoms with Gasteiger partial charge in [-0.1, -0.05) is 48.6 Å². The minimum absolute atomic E-state index is 0.0790. The molecule has 9 nitrogen and oxygen atoms in total. The number of ether oxygens (including phenoxy) is 3. The second-order valence-corrected chi connectivity index (χ2v) is 11.6. The normalized spacial score (nSPS) is 12.1. The van der Waals surface area contributed by atoms with Crippen LogP contribution in [0.5, 0.6) is 17.2 Å². The van der Waals surface area contributed by atoms with Gasteiger partial charge >= 0.3 is 0 Å². The molecule has 228 valence electrons. The first kappa shape index (κ1) is 29.8. The molecule has 0 saturated heterocycles. The van der Waals surface area contributed by atoms with Crippen molar-refractivity contribution in [3.8, 4) is 34.2 Å². The molecule has 0 fully saturated rings. The van der Waals surface area contributed by atoms with Crippen LogP contribution in [0.25, 0.3) is 40.1 Å². The van der Waals surface area contributed by atoms with Crippen molar-refractivity contribution in [1.82, 2.24) is 24.4 Å². The fraction of sp³-hybridized carbons (Fsp3) is 0.200. The highest BCUT2D eigenvalue weighted by atomic mass is 32.1. The Bertz CT molecular complexity index is 2060. The summed E-state index contributed by atoms with van der Waals surface area (Å²) in [5, 5.41) is 9.35. The molecule has 6 rings (SSSR count). The summed E-state index contributed by atoms with van der Waals surface area (Å²) >= 11 is 1.29. The van der Waals surface area contributed by atoms with E-state index in [1.54, 1.807) is 13.2 Å². The predicted octanol–water partition coefficient (Wildman–Crippen LogP) is 6.31. The van der Waals surface area contributed by atoms with E-state index >= 15 is 0 Å². The smallest absolute Gasteiger partial charge is 0.291 e. The third-order valence-corrected chi connectivity index (χ3v) is 7.78. The third-order valence-electron chi connectivity index (χ3n) is 6.82. The topological polar surface area (TPSA) is 92.8 Å². The zero-order valence-corrected chi connectivity index (χ0v) is 26.3. The van der Waals surface area contributed by atoms with E-state index in [1.807, 2.05) is 110 Å². The molecule has 0 N–H and O–H groups in total. The first-order chi connectivity index (χ1) is 21.9. The maximum atomic E-state index is 13.4. The number of para-hydroxylation sites is 1. The van der Waals surface area contributed by atoms with E-state index in [1.165, 1.54) is 15.9 Å². The molecule has 0 saturated carbocycles. The molecule has 0 bridgehead atoms. The second kappa shape index (κ2) is 13.2. The van der Waals surface area contributed by atoms with E-state index in [9.17, 15) is 4.79 Å². The standard InChI is InChI=1S/C35H33N5O4S/c1-5-19-43-29-17-11-24(20-30(29)42-4)12-18-32-36-35-40(37-32)34(41)31(45-35)21-26-22-39(27-9-7-6-8-10-27)38-33(26)25-13-15-28(16-14-25)44-23(2)3/h6-18,20-23H,5,19H2,1-4H3/b18-12+,31-21-. The maximum absolute atomic E-state index is 13.4. The summed E-state index contributed by atoms with van der Waals surface area (Å²) in [5.74, 6) is 2.58. The number of nitrogens with zero attached hydrogens (tertiary/aromatic N) is 5. The van der Waals surface area contributed by atoms with Gasteiger partial charge in [-0.2, -0.15) is 14.6 Å². The molecule has 0 amide bonds. The van der Waals surface area contributed by atoms with Crippen LogP contribution in [0.2, 0.25) is 0 Å². The van der Waals surface area contributed by atoms with Crippen molar-refractivity contribution in [1.29, 1.82) is 0 Å². The molecule has 10 heteroatoms. The summed E-state index contributed by atoms with van der Waals surface area (Å²) in [6.45, 7) is 6.67. The first-order valence-electron chi connectivity index (χ1n) is 14.7. The Balaban J connectivity index is 1.32. The van der Waals surface area contributed by atoms with E-state index in [0.717, 1.165) is 40.2 Å². The van der Waals surface area contributed by atoms with Crippen LogP contribution in [0.15, 0.2) is 83.8 Å². The van der Waals surface area contributed by atoms with Crippen LogP contribution < -0.4 is 24.3 Å². The molecule has 0 spiro atoms. The Kier molecular flexibility index (Phi) is 8.74. The molecule has 3 aromatic carbocycles. The van der Waals surface area contributed by atoms with Crippen LogP contribution in [-0.4, -0.2) is 44.2 Å². The molecular weight excluding hydrogens is 586 g/mol. The van der Waals surface area contributed by atoms with Crippen molar-refractivity contribution in [3.05, 3.63) is 111 Å². The fourth-order valence-corrected chi connectivity index (χ4v) is 5.65. The molecule has 0 aliphatic carbocycles. The molecule has 3 heterocycles. The van der Waals surface area contributed by atoms with E-state index in [0.29, 0.717) is 33.4 Å². The predicted molar refractivity (Wildman–Crippen MR) is 178 cm³/mol. The van der Waals surface area contributed by atoms with Gasteiger partial charge in [-0.3, -0.25) is 4.79 Å². The SMILES string of the molecule is CCCOc1ccc(/C=C/c2nc3s/c(=C\c4cn(-c5ccccc5)nc4-c4ccc(OC(C)C)cc4)c(=O)n3n2)cc1OC. The maximum Gasteiger partial charge on any atom is 0.291 e. The van der Waals surface area contributed by atoms with Crippen molar-refractivity contribution >= 4 is 34.5 Å². The summed E-state index contributed by atoms with van der Waals surface area (Å²) < 4.78 is 20.7. The van der Waals surface area contributed by atoms with Gasteiger partial charge in [0.2, 0.25) is 4.96 Å². The Morgan fingerprint density at radius 2 is 1.76 bits per heavy atom. The highest BCUT2D eigenvalue weighted by molar-refractivity contribution is 7.15. The Morgan fingerprint density at radius 3 is 2.47 bits per heavy atom. The van der Waals surface area contributed by atoms with E-state index in [2.05, 4.69) is 17.0 Å². The molecule has 0 atom stereocenters. The molecule has 0 radical (unpaired) electrons. The summed E-state index contributed by atoms with van der Waals surface area (Å²) in [4.78, 5) is 18.5. The molecular formula is C35H33N5O4S. The van der Waals surface area contributed by atoms with Crippen LogP contribution >= 0.6 is 11.3 Å². The largest absolute Gasteiger partial charge is 0.493 e. The van der Waals surface area contributed by atoms with E-state index in [-0.39, 0.29) is 11.7 Å². The second-order valence-electron chi connectivity index (χ2n) is 10.6. The lowest BCUT2D eigenvalue weighted by atomic mass is 10.1. The van der Waals surface area contributed by atoms with Crippen molar-refractivity contribution in [2.75, 3.05) is 13.7 Å². The molecule has 0 unspecified atom stereocenters. The van der Waals surface area contributed by atoms with Gasteiger partial charge in [-0.05, 0) is 86.5 Å². The molecule has 0 aliphatic heterocycles. The lowest BCUT2D eigenvalue weighted by Crippen LogP contribution is -2.23. The molecule has 45 heavy (non-hydrogen) atoms. The van der Waals surface area contributed by atoms with E-state index in [4.69, 9.17) is 19.3 Å². The summed E-state index contributed by atoms with van der Waals surface area (Å²) in [6.07, 6.45) is 8.43. The van der Waals surface area contributed by atoms with Crippen LogP contribution in [0.3, 0.4) is 0 Å². The third kappa shape index (κ3) is 6.66. The van der Waals surface area contributed by atoms with Crippen molar-refractivity contribution < 1.29 is 14.2 Å². The molecule has 3 aromatic heterocycles. The van der Waals surface area contributed by atoms with Gasteiger partial charge in [0.05, 0.1) is 30.0 Å². The number of thiazole rings is 1. The summed E-state index contributed by atoms with van der Waals surface area (Å²) in [5.41, 5.74) is 4.04. The van der Waals surface area contributed by atoms with Gasteiger partial charge in [0.1, 0.15) is 11.4 Å². The Labute approximate surface area is 264 Å². The van der Waals surface area contributed by atoms with Crippen molar-refractivity contribution in [2.24, 2.45) is 0 Å². The van der Waals surface area contributed by atoms with Crippen LogP contribution in [0, 0.1) is 0 Å². The minimum Gasteiger partial charge on any atom is -0.493 e. The Morgan fingerprint density at radius 1 is 0.956 bits per heavy atom. The summed E-state index contributed by atoms with van der Waals surface area (Å²) in [7, 11) is 1.62. The van der Waals surface area contributed by atoms with Gasteiger partial charge in [0.25, 0.3) is 5.56 Å². The highest BCUT2D eigenvalue weighted by Gasteiger charge is 2.14. The van der Waals surface area contributed by atoms with Crippen LogP contribution in [-0.2, 0) is 0 Å². The van der Waals surface area contributed by atoms with Crippen molar-refractivity contribution in [3.63, 3.8) is 0 Å². The number of rotatable bonds is 11.